The molecule has 134 valence electrons. The summed E-state index contributed by atoms with van der Waals surface area (Å²) in [5.41, 5.74) is 0.873. The lowest BCUT2D eigenvalue weighted by molar-refractivity contribution is -0.385. The average molecular weight is 346 g/mol. The van der Waals surface area contributed by atoms with Crippen LogP contribution in [0.1, 0.15) is 31.7 Å². The summed E-state index contributed by atoms with van der Waals surface area (Å²) >= 11 is 0. The summed E-state index contributed by atoms with van der Waals surface area (Å²) in [6, 6.07) is 7.40. The Morgan fingerprint density at radius 3 is 2.56 bits per heavy atom. The van der Waals surface area contributed by atoms with Gasteiger partial charge < -0.3 is 14.8 Å². The van der Waals surface area contributed by atoms with Crippen LogP contribution in [0, 0.1) is 10.1 Å². The first-order valence-corrected chi connectivity index (χ1v) is 8.03. The minimum Gasteiger partial charge on any atom is -0.434 e. The number of hydrogen-bond donors (Lipinski definition) is 1. The predicted molar refractivity (Wildman–Crippen MR) is 94.3 cm³/mol. The van der Waals surface area contributed by atoms with Crippen LogP contribution < -0.4 is 10.1 Å². The standard InChI is InChI=1S/C17H22N4O4/c1-12(2)13-5-7-14(8-6-13)25-17-15(21(22)23)16(19-11-20-17)18-9-4-10-24-3/h5-8,11-12H,4,9-10H2,1-3H3,(H,18,19,20). The molecule has 2 rings (SSSR count). The largest absolute Gasteiger partial charge is 0.434 e. The van der Waals surface area contributed by atoms with Gasteiger partial charge in [-0.2, -0.15) is 4.98 Å². The van der Waals surface area contributed by atoms with Crippen LogP contribution in [0.25, 0.3) is 0 Å². The van der Waals surface area contributed by atoms with Crippen molar-refractivity contribution in [3.63, 3.8) is 0 Å². The number of ether oxygens (including phenoxy) is 2. The minimum atomic E-state index is -0.545. The molecule has 0 fully saturated rings. The zero-order chi connectivity index (χ0) is 18.2. The van der Waals surface area contributed by atoms with Crippen LogP contribution in [0.5, 0.6) is 11.6 Å². The van der Waals surface area contributed by atoms with E-state index in [-0.39, 0.29) is 17.4 Å². The number of methoxy groups -OCH3 is 1. The number of rotatable bonds is 9. The molecule has 1 heterocycles. The highest BCUT2D eigenvalue weighted by Gasteiger charge is 2.24. The molecule has 2 aromatic rings. The molecule has 1 aromatic carbocycles. The van der Waals surface area contributed by atoms with Gasteiger partial charge in [0.2, 0.25) is 5.82 Å². The van der Waals surface area contributed by atoms with E-state index in [0.717, 1.165) is 5.56 Å². The van der Waals surface area contributed by atoms with E-state index in [9.17, 15) is 10.1 Å². The van der Waals surface area contributed by atoms with E-state index in [1.165, 1.54) is 6.33 Å². The number of aromatic nitrogens is 2. The van der Waals surface area contributed by atoms with Crippen molar-refractivity contribution < 1.29 is 14.4 Å². The lowest BCUT2D eigenvalue weighted by Gasteiger charge is -2.10. The van der Waals surface area contributed by atoms with Crippen LogP contribution >= 0.6 is 0 Å². The topological polar surface area (TPSA) is 99.4 Å². The Morgan fingerprint density at radius 2 is 1.96 bits per heavy atom. The Labute approximate surface area is 146 Å². The van der Waals surface area contributed by atoms with Crippen molar-refractivity contribution >= 4 is 11.5 Å². The van der Waals surface area contributed by atoms with Crippen LogP contribution in [-0.4, -0.2) is 35.2 Å². The van der Waals surface area contributed by atoms with E-state index in [0.29, 0.717) is 31.2 Å². The molecule has 0 aliphatic heterocycles. The summed E-state index contributed by atoms with van der Waals surface area (Å²) in [5, 5.41) is 14.4. The third kappa shape index (κ3) is 5.12. The van der Waals surface area contributed by atoms with Gasteiger partial charge in [-0.1, -0.05) is 26.0 Å². The van der Waals surface area contributed by atoms with Gasteiger partial charge in [-0.3, -0.25) is 10.1 Å². The first-order valence-electron chi connectivity index (χ1n) is 8.03. The Balaban J connectivity index is 2.20. The lowest BCUT2D eigenvalue weighted by Crippen LogP contribution is -2.09. The molecule has 0 atom stereocenters. The van der Waals surface area contributed by atoms with Crippen LogP contribution in [0.15, 0.2) is 30.6 Å². The Hall–Kier alpha value is -2.74. The zero-order valence-corrected chi connectivity index (χ0v) is 14.6. The number of nitrogens with one attached hydrogen (secondary N) is 1. The van der Waals surface area contributed by atoms with Gasteiger partial charge in [0.25, 0.3) is 0 Å². The maximum absolute atomic E-state index is 11.4. The fourth-order valence-electron chi connectivity index (χ4n) is 2.19. The maximum Gasteiger partial charge on any atom is 0.373 e. The third-order valence-corrected chi connectivity index (χ3v) is 3.55. The van der Waals surface area contributed by atoms with E-state index < -0.39 is 4.92 Å². The van der Waals surface area contributed by atoms with Crippen LogP contribution in [0.4, 0.5) is 11.5 Å². The Morgan fingerprint density at radius 1 is 1.24 bits per heavy atom. The summed E-state index contributed by atoms with van der Waals surface area (Å²) in [6.45, 7) is 5.23. The number of benzene rings is 1. The smallest absolute Gasteiger partial charge is 0.373 e. The zero-order valence-electron chi connectivity index (χ0n) is 14.6. The molecule has 0 amide bonds. The molecular weight excluding hydrogens is 324 g/mol. The minimum absolute atomic E-state index is 0.0912. The lowest BCUT2D eigenvalue weighted by atomic mass is 10.0. The fraction of sp³-hybridized carbons (Fsp3) is 0.412. The second-order valence-corrected chi connectivity index (χ2v) is 5.73. The Bertz CT molecular complexity index is 704. The van der Waals surface area contributed by atoms with Gasteiger partial charge in [0.05, 0.1) is 4.92 Å². The molecule has 8 nitrogen and oxygen atoms in total. The third-order valence-electron chi connectivity index (χ3n) is 3.55. The predicted octanol–water partition coefficient (Wildman–Crippen LogP) is 3.75. The summed E-state index contributed by atoms with van der Waals surface area (Å²) in [5.74, 6) is 0.915. The molecule has 0 unspecified atom stereocenters. The molecule has 1 N–H and O–H groups in total. The first kappa shape index (κ1) is 18.6. The molecule has 25 heavy (non-hydrogen) atoms. The highest BCUT2D eigenvalue weighted by Crippen LogP contribution is 2.34. The van der Waals surface area contributed by atoms with E-state index in [2.05, 4.69) is 29.1 Å². The highest BCUT2D eigenvalue weighted by molar-refractivity contribution is 5.61. The van der Waals surface area contributed by atoms with Crippen molar-refractivity contribution in [1.82, 2.24) is 9.97 Å². The summed E-state index contributed by atoms with van der Waals surface area (Å²) < 4.78 is 10.6. The number of anilines is 1. The number of nitrogens with zero attached hydrogens (tertiary/aromatic N) is 3. The molecule has 0 aliphatic carbocycles. The van der Waals surface area contributed by atoms with Gasteiger partial charge in [-0.15, -0.1) is 0 Å². The molecule has 0 aliphatic rings. The summed E-state index contributed by atoms with van der Waals surface area (Å²) in [4.78, 5) is 18.8. The second kappa shape index (κ2) is 8.93. The van der Waals surface area contributed by atoms with Crippen molar-refractivity contribution in [2.24, 2.45) is 0 Å². The first-order chi connectivity index (χ1) is 12.0. The molecule has 1 aromatic heterocycles. The van der Waals surface area contributed by atoms with Crippen molar-refractivity contribution in [2.45, 2.75) is 26.2 Å². The highest BCUT2D eigenvalue weighted by atomic mass is 16.6. The summed E-state index contributed by atoms with van der Waals surface area (Å²) in [7, 11) is 1.60. The molecule has 0 saturated heterocycles. The van der Waals surface area contributed by atoms with Gasteiger partial charge in [-0.25, -0.2) is 4.98 Å². The van der Waals surface area contributed by atoms with E-state index in [1.54, 1.807) is 19.2 Å². The molecular formula is C17H22N4O4. The molecule has 0 radical (unpaired) electrons. The van der Waals surface area contributed by atoms with Crippen LogP contribution in [0.3, 0.4) is 0 Å². The van der Waals surface area contributed by atoms with Crippen molar-refractivity contribution in [3.05, 3.63) is 46.3 Å². The van der Waals surface area contributed by atoms with Crippen molar-refractivity contribution in [1.29, 1.82) is 0 Å². The van der Waals surface area contributed by atoms with Crippen molar-refractivity contribution in [3.8, 4) is 11.6 Å². The molecule has 8 heteroatoms. The average Bonchev–Trinajstić information content (AvgIpc) is 2.59. The maximum atomic E-state index is 11.4. The van der Waals surface area contributed by atoms with Gasteiger partial charge in [-0.05, 0) is 30.0 Å². The van der Waals surface area contributed by atoms with Gasteiger partial charge >= 0.3 is 11.6 Å². The van der Waals surface area contributed by atoms with E-state index in [4.69, 9.17) is 9.47 Å². The van der Waals surface area contributed by atoms with Gasteiger partial charge in [0.15, 0.2) is 0 Å². The van der Waals surface area contributed by atoms with Crippen LogP contribution in [0.2, 0.25) is 0 Å². The fourth-order valence-corrected chi connectivity index (χ4v) is 2.19. The molecule has 0 bridgehead atoms. The normalized spacial score (nSPS) is 10.7. The van der Waals surface area contributed by atoms with Gasteiger partial charge in [0.1, 0.15) is 12.1 Å². The number of hydrogen-bond acceptors (Lipinski definition) is 7. The second-order valence-electron chi connectivity index (χ2n) is 5.73. The van der Waals surface area contributed by atoms with Crippen LogP contribution in [-0.2, 0) is 4.74 Å². The van der Waals surface area contributed by atoms with Crippen molar-refractivity contribution in [2.75, 3.05) is 25.6 Å². The SMILES string of the molecule is COCCCNc1ncnc(Oc2ccc(C(C)C)cc2)c1[N+](=O)[O-]. The summed E-state index contributed by atoms with van der Waals surface area (Å²) in [6.07, 6.45) is 1.94. The molecule has 0 saturated carbocycles. The monoisotopic (exact) mass is 346 g/mol. The number of nitro groups is 1. The quantitative estimate of drug-likeness (QED) is 0.419. The molecule has 0 spiro atoms. The van der Waals surface area contributed by atoms with E-state index in [1.807, 2.05) is 12.1 Å². The van der Waals surface area contributed by atoms with Gasteiger partial charge in [0, 0.05) is 20.3 Å². The van der Waals surface area contributed by atoms with E-state index >= 15 is 0 Å². The Kier molecular flexibility index (Phi) is 6.64.